The van der Waals surface area contributed by atoms with E-state index in [1.807, 2.05) is 109 Å². The van der Waals surface area contributed by atoms with Crippen molar-refractivity contribution in [1.29, 1.82) is 10.5 Å². The van der Waals surface area contributed by atoms with Crippen molar-refractivity contribution in [1.82, 2.24) is 9.44 Å². The van der Waals surface area contributed by atoms with Crippen LogP contribution in [0.25, 0.3) is 22.3 Å². The molecule has 0 aliphatic rings. The number of nitriles is 2. The Hall–Kier alpha value is -4.64. The van der Waals surface area contributed by atoms with Gasteiger partial charge in [0.05, 0.1) is 9.79 Å². The molecular weight excluding hydrogens is 641 g/mol. The molecule has 0 aliphatic carbocycles. The summed E-state index contributed by atoms with van der Waals surface area (Å²) in [5, 5.41) is 16.9. The van der Waals surface area contributed by atoms with Gasteiger partial charge in [0.25, 0.3) is 20.0 Å². The van der Waals surface area contributed by atoms with Crippen LogP contribution in [0.2, 0.25) is 0 Å². The maximum atomic E-state index is 11.8. The Morgan fingerprint density at radius 3 is 1.31 bits per heavy atom. The van der Waals surface area contributed by atoms with Crippen LogP contribution in [0, 0.1) is 22.9 Å². The monoisotopic (exact) mass is 692 g/mol. The van der Waals surface area contributed by atoms with Crippen molar-refractivity contribution in [3.05, 3.63) is 108 Å². The number of nitrogens with zero attached hydrogens (tertiary/aromatic N) is 2. The third-order valence-corrected chi connectivity index (χ3v) is 8.57. The highest BCUT2D eigenvalue weighted by Crippen LogP contribution is 2.27. The van der Waals surface area contributed by atoms with Crippen LogP contribution in [0.15, 0.2) is 107 Å². The minimum Gasteiger partial charge on any atom is -0.215 e. The lowest BCUT2D eigenvalue weighted by Gasteiger charge is -2.09. The summed E-state index contributed by atoms with van der Waals surface area (Å²) in [4.78, 5) is 0.166. The van der Waals surface area contributed by atoms with Gasteiger partial charge in [0, 0.05) is 0 Å². The zero-order chi connectivity index (χ0) is 37.2. The van der Waals surface area contributed by atoms with E-state index >= 15 is 0 Å². The van der Waals surface area contributed by atoms with Crippen molar-refractivity contribution in [3.8, 4) is 34.6 Å². The minimum atomic E-state index is -3.77. The van der Waals surface area contributed by atoms with Gasteiger partial charge in [0.15, 0.2) is 12.4 Å². The van der Waals surface area contributed by atoms with Crippen molar-refractivity contribution >= 4 is 20.0 Å². The highest BCUT2D eigenvalue weighted by atomic mass is 32.2. The van der Waals surface area contributed by atoms with Gasteiger partial charge in [-0.25, -0.2) is 26.3 Å². The van der Waals surface area contributed by atoms with Crippen LogP contribution in [-0.2, 0) is 32.9 Å². The maximum absolute atomic E-state index is 11.8. The maximum Gasteiger partial charge on any atom is 0.270 e. The first kappa shape index (κ1) is 45.5. The summed E-state index contributed by atoms with van der Waals surface area (Å²) in [6, 6.07) is 28.9. The van der Waals surface area contributed by atoms with E-state index in [-0.39, 0.29) is 9.79 Å². The van der Waals surface area contributed by atoms with E-state index < -0.39 is 20.0 Å². The van der Waals surface area contributed by atoms with Crippen LogP contribution in [0.4, 0.5) is 0 Å². The van der Waals surface area contributed by atoms with Gasteiger partial charge < -0.3 is 0 Å². The quantitative estimate of drug-likeness (QED) is 0.139. The molecule has 48 heavy (non-hydrogen) atoms. The molecule has 0 amide bonds. The van der Waals surface area contributed by atoms with E-state index in [4.69, 9.17) is 10.5 Å². The summed E-state index contributed by atoms with van der Waals surface area (Å²) in [7, 11) is -7.51. The van der Waals surface area contributed by atoms with Crippen LogP contribution in [-0.4, -0.2) is 16.8 Å². The molecular formula is C38H52N4O4S2. The number of nitrogens with one attached hydrogen (secondary N) is 2. The Morgan fingerprint density at radius 2 is 0.896 bits per heavy atom. The predicted molar refractivity (Wildman–Crippen MR) is 200 cm³/mol. The Morgan fingerprint density at radius 1 is 0.500 bits per heavy atom. The molecule has 0 atom stereocenters. The SMILES string of the molecule is CC.CC.CC.CC.CCc1ccccc1-c1ccc(S(=O)(=O)NC#N)cc1.CCc1ccccc1-c1cccc(S(=O)(=O)NC#N)c1. The fourth-order valence-corrected chi connectivity index (χ4v) is 5.61. The van der Waals surface area contributed by atoms with E-state index in [0.29, 0.717) is 0 Å². The lowest BCUT2D eigenvalue weighted by atomic mass is 9.98. The van der Waals surface area contributed by atoms with Crippen molar-refractivity contribution in [2.24, 2.45) is 0 Å². The summed E-state index contributed by atoms with van der Waals surface area (Å²) in [6.45, 7) is 20.1. The Bertz CT molecular complexity index is 1770. The number of sulfonamides is 2. The smallest absolute Gasteiger partial charge is 0.215 e. The molecule has 0 saturated carbocycles. The predicted octanol–water partition coefficient (Wildman–Crippen LogP) is 9.46. The fraction of sp³-hybridized carbons (Fsp3) is 0.316. The topological polar surface area (TPSA) is 140 Å². The lowest BCUT2D eigenvalue weighted by Crippen LogP contribution is -2.18. The normalized spacial score (nSPS) is 9.50. The van der Waals surface area contributed by atoms with Crippen molar-refractivity contribution < 1.29 is 16.8 Å². The molecule has 10 heteroatoms. The van der Waals surface area contributed by atoms with Gasteiger partial charge >= 0.3 is 0 Å². The van der Waals surface area contributed by atoms with E-state index in [0.717, 1.165) is 40.7 Å². The second-order valence-corrected chi connectivity index (χ2v) is 11.9. The standard InChI is InChI=1S/2C15H14N2O2S.4C2H6/c1-2-12-6-3-4-9-15(12)13-7-5-8-14(10-13)20(18,19)17-11-16;1-2-12-5-3-4-6-15(12)13-7-9-14(10-8-13)20(18,19)17-11-16;4*1-2/h2*3-10,17H,2H2,1H3;4*1-2H3. The zero-order valence-corrected chi connectivity index (χ0v) is 31.6. The molecule has 0 spiro atoms. The largest absolute Gasteiger partial charge is 0.270 e. The highest BCUT2D eigenvalue weighted by Gasteiger charge is 2.15. The number of hydrogen-bond acceptors (Lipinski definition) is 6. The molecule has 0 unspecified atom stereocenters. The molecule has 4 aromatic rings. The molecule has 2 N–H and O–H groups in total. The Labute approximate surface area is 290 Å². The third kappa shape index (κ3) is 14.0. The average Bonchev–Trinajstić information content (AvgIpc) is 3.15. The summed E-state index contributed by atoms with van der Waals surface area (Å²) < 4.78 is 50.6. The molecule has 0 aliphatic heterocycles. The molecule has 0 fully saturated rings. The number of rotatable bonds is 8. The number of benzene rings is 4. The van der Waals surface area contributed by atoms with Crippen molar-refractivity contribution in [2.45, 2.75) is 91.9 Å². The van der Waals surface area contributed by atoms with Crippen molar-refractivity contribution in [3.63, 3.8) is 0 Å². The van der Waals surface area contributed by atoms with Gasteiger partial charge in [0.2, 0.25) is 0 Å². The molecule has 8 nitrogen and oxygen atoms in total. The second kappa shape index (κ2) is 25.4. The zero-order valence-electron chi connectivity index (χ0n) is 30.0. The summed E-state index contributed by atoms with van der Waals surface area (Å²) in [5.74, 6) is 0. The first-order valence-corrected chi connectivity index (χ1v) is 19.3. The van der Waals surface area contributed by atoms with Gasteiger partial charge in [0.1, 0.15) is 0 Å². The lowest BCUT2D eigenvalue weighted by molar-refractivity contribution is 0.589. The fourth-order valence-electron chi connectivity index (χ4n) is 4.10. The van der Waals surface area contributed by atoms with Crippen molar-refractivity contribution in [2.75, 3.05) is 0 Å². The van der Waals surface area contributed by atoms with E-state index in [1.54, 1.807) is 29.0 Å². The van der Waals surface area contributed by atoms with Gasteiger partial charge in [-0.15, -0.1) is 0 Å². The van der Waals surface area contributed by atoms with E-state index in [2.05, 4.69) is 19.9 Å². The summed E-state index contributed by atoms with van der Waals surface area (Å²) >= 11 is 0. The number of aryl methyl sites for hydroxylation is 2. The highest BCUT2D eigenvalue weighted by molar-refractivity contribution is 7.90. The van der Waals surface area contributed by atoms with Gasteiger partial charge in [-0.2, -0.15) is 10.5 Å². The van der Waals surface area contributed by atoms with Gasteiger partial charge in [-0.05, 0) is 70.5 Å². The molecule has 0 heterocycles. The number of hydrogen-bond donors (Lipinski definition) is 2. The van der Waals surface area contributed by atoms with Crippen LogP contribution in [0.5, 0.6) is 0 Å². The van der Waals surface area contributed by atoms with Gasteiger partial charge in [-0.3, -0.25) is 0 Å². The van der Waals surface area contributed by atoms with Crippen LogP contribution in [0.1, 0.15) is 80.4 Å². The second-order valence-electron chi connectivity index (χ2n) is 8.51. The molecule has 0 bridgehead atoms. The first-order chi connectivity index (χ1) is 23.2. The Kier molecular flexibility index (Phi) is 24.1. The first-order valence-electron chi connectivity index (χ1n) is 16.3. The summed E-state index contributed by atoms with van der Waals surface area (Å²) in [5.41, 5.74) is 6.23. The summed E-state index contributed by atoms with van der Waals surface area (Å²) in [6.07, 6.45) is 4.66. The minimum absolute atomic E-state index is 0.0804. The molecule has 0 saturated heterocycles. The van der Waals surface area contributed by atoms with E-state index in [1.165, 1.54) is 36.1 Å². The molecule has 4 aromatic carbocycles. The molecule has 0 aromatic heterocycles. The van der Waals surface area contributed by atoms with Crippen LogP contribution >= 0.6 is 0 Å². The van der Waals surface area contributed by atoms with E-state index in [9.17, 15) is 16.8 Å². The average molecular weight is 693 g/mol. The molecule has 0 radical (unpaired) electrons. The van der Waals surface area contributed by atoms with Crippen LogP contribution in [0.3, 0.4) is 0 Å². The third-order valence-electron chi connectivity index (χ3n) is 6.09. The molecule has 4 rings (SSSR count). The molecule has 260 valence electrons. The van der Waals surface area contributed by atoms with Crippen LogP contribution < -0.4 is 9.44 Å². The van der Waals surface area contributed by atoms with Gasteiger partial charge in [-0.1, -0.05) is 142 Å². The Balaban J connectivity index is 0.